The van der Waals surface area contributed by atoms with E-state index in [4.69, 9.17) is 0 Å². The summed E-state index contributed by atoms with van der Waals surface area (Å²) in [5.41, 5.74) is 0.432. The molecule has 0 aromatic carbocycles. The summed E-state index contributed by atoms with van der Waals surface area (Å²) in [6, 6.07) is 0. The second-order valence-corrected chi connectivity index (χ2v) is 2.78. The van der Waals surface area contributed by atoms with Gasteiger partial charge in [-0.15, -0.1) is 0 Å². The maximum atomic E-state index is 11.5. The summed E-state index contributed by atoms with van der Waals surface area (Å²) in [6.07, 6.45) is 2.83. The van der Waals surface area contributed by atoms with Crippen LogP contribution in [0.2, 0.25) is 0 Å². The van der Waals surface area contributed by atoms with E-state index in [1.165, 1.54) is 6.20 Å². The zero-order valence-corrected chi connectivity index (χ0v) is 6.92. The highest BCUT2D eigenvalue weighted by atomic mass is 16.1. The Morgan fingerprint density at radius 2 is 2.15 bits per heavy atom. The van der Waals surface area contributed by atoms with E-state index in [0.29, 0.717) is 16.6 Å². The van der Waals surface area contributed by atoms with Gasteiger partial charge in [-0.3, -0.25) is 9.78 Å². The lowest BCUT2D eigenvalue weighted by molar-refractivity contribution is 1.09. The molecule has 0 fully saturated rings. The van der Waals surface area contributed by atoms with Gasteiger partial charge in [0.05, 0.1) is 5.39 Å². The van der Waals surface area contributed by atoms with E-state index >= 15 is 0 Å². The van der Waals surface area contributed by atoms with Crippen LogP contribution in [0.4, 0.5) is 0 Å². The van der Waals surface area contributed by atoms with Gasteiger partial charge in [0.15, 0.2) is 5.43 Å². The first kappa shape index (κ1) is 7.72. The molecule has 0 aliphatic heterocycles. The molecule has 2 rings (SSSR count). The molecule has 0 spiro atoms. The van der Waals surface area contributed by atoms with Gasteiger partial charge >= 0.3 is 5.69 Å². The standard InChI is InChI=1S/C8H7N3O2/c1-4-2-9-7-5(6(4)12)3-10-8(13)11-7/h2-3H,1H3,(H2,9,10,11,12,13). The van der Waals surface area contributed by atoms with Crippen LogP contribution in [0, 0.1) is 6.92 Å². The monoisotopic (exact) mass is 177 g/mol. The third kappa shape index (κ3) is 1.14. The van der Waals surface area contributed by atoms with Crippen molar-refractivity contribution in [1.82, 2.24) is 15.0 Å². The Bertz CT molecular complexity index is 567. The van der Waals surface area contributed by atoms with E-state index in [2.05, 4.69) is 15.0 Å². The molecule has 0 aliphatic carbocycles. The molecule has 0 unspecified atom stereocenters. The molecule has 0 aliphatic rings. The Morgan fingerprint density at radius 1 is 1.38 bits per heavy atom. The number of nitrogens with zero attached hydrogens (tertiary/aromatic N) is 1. The van der Waals surface area contributed by atoms with E-state index in [1.54, 1.807) is 13.1 Å². The van der Waals surface area contributed by atoms with Crippen molar-refractivity contribution < 1.29 is 0 Å². The van der Waals surface area contributed by atoms with Gasteiger partial charge in [-0.25, -0.2) is 9.78 Å². The smallest absolute Gasteiger partial charge is 0.346 e. The van der Waals surface area contributed by atoms with Crippen LogP contribution in [0.25, 0.3) is 11.0 Å². The molecule has 2 N–H and O–H groups in total. The normalized spacial score (nSPS) is 10.5. The summed E-state index contributed by atoms with van der Waals surface area (Å²) in [5, 5.41) is 0.402. The van der Waals surface area contributed by atoms with Gasteiger partial charge in [0.1, 0.15) is 5.65 Å². The van der Waals surface area contributed by atoms with E-state index in [1.807, 2.05) is 0 Å². The Kier molecular flexibility index (Phi) is 1.51. The van der Waals surface area contributed by atoms with Crippen LogP contribution in [0.3, 0.4) is 0 Å². The summed E-state index contributed by atoms with van der Waals surface area (Å²) in [7, 11) is 0. The van der Waals surface area contributed by atoms with E-state index in [9.17, 15) is 9.59 Å². The highest BCUT2D eigenvalue weighted by molar-refractivity contribution is 5.73. The Labute approximate surface area is 72.5 Å². The minimum absolute atomic E-state index is 0.113. The maximum Gasteiger partial charge on any atom is 0.346 e. The summed E-state index contributed by atoms with van der Waals surface area (Å²) in [4.78, 5) is 31.0. The third-order valence-electron chi connectivity index (χ3n) is 1.85. The summed E-state index contributed by atoms with van der Waals surface area (Å²) in [5.74, 6) is 0. The number of nitrogens with one attached hydrogen (secondary N) is 2. The number of pyridine rings is 1. The SMILES string of the molecule is Cc1c[nH]c2[nH]c(=O)ncc2c1=O. The number of aromatic nitrogens is 3. The number of aromatic amines is 2. The fourth-order valence-electron chi connectivity index (χ4n) is 1.14. The molecule has 13 heavy (non-hydrogen) atoms. The summed E-state index contributed by atoms with van der Waals surface area (Å²) >= 11 is 0. The van der Waals surface area contributed by atoms with Crippen LogP contribution in [0.5, 0.6) is 0 Å². The maximum absolute atomic E-state index is 11.5. The number of hydrogen-bond acceptors (Lipinski definition) is 3. The van der Waals surface area contributed by atoms with Crippen LogP contribution in [-0.4, -0.2) is 15.0 Å². The third-order valence-corrected chi connectivity index (χ3v) is 1.85. The molecule has 5 nitrogen and oxygen atoms in total. The number of aryl methyl sites for hydroxylation is 1. The predicted octanol–water partition coefficient (Wildman–Crippen LogP) is -0.0802. The van der Waals surface area contributed by atoms with Gasteiger partial charge in [0, 0.05) is 18.0 Å². The van der Waals surface area contributed by atoms with Crippen molar-refractivity contribution >= 4 is 11.0 Å². The van der Waals surface area contributed by atoms with Gasteiger partial charge in [-0.05, 0) is 6.92 Å². The first-order valence-corrected chi connectivity index (χ1v) is 3.76. The number of rotatable bonds is 0. The molecular formula is C8H7N3O2. The van der Waals surface area contributed by atoms with Crippen molar-refractivity contribution in [1.29, 1.82) is 0 Å². The predicted molar refractivity (Wildman–Crippen MR) is 47.7 cm³/mol. The second-order valence-electron chi connectivity index (χ2n) is 2.78. The minimum Gasteiger partial charge on any atom is -0.347 e. The molecule has 0 bridgehead atoms. The molecule has 0 saturated carbocycles. The average Bonchev–Trinajstić information content (AvgIpc) is 2.12. The molecule has 0 atom stereocenters. The van der Waals surface area contributed by atoms with Gasteiger partial charge in [-0.1, -0.05) is 0 Å². The van der Waals surface area contributed by atoms with Crippen molar-refractivity contribution in [3.63, 3.8) is 0 Å². The van der Waals surface area contributed by atoms with Crippen molar-refractivity contribution in [2.24, 2.45) is 0 Å². The van der Waals surface area contributed by atoms with Gasteiger partial charge in [-0.2, -0.15) is 0 Å². The molecule has 2 aromatic heterocycles. The van der Waals surface area contributed by atoms with Crippen molar-refractivity contribution in [3.8, 4) is 0 Å². The molecule has 0 saturated heterocycles. The highest BCUT2D eigenvalue weighted by Gasteiger charge is 2.01. The quantitative estimate of drug-likeness (QED) is 0.590. The molecular weight excluding hydrogens is 170 g/mol. The molecule has 2 aromatic rings. The van der Waals surface area contributed by atoms with Crippen LogP contribution in [0.15, 0.2) is 22.0 Å². The second kappa shape index (κ2) is 2.55. The van der Waals surface area contributed by atoms with Crippen LogP contribution >= 0.6 is 0 Å². The average molecular weight is 177 g/mol. The molecule has 0 radical (unpaired) electrons. The summed E-state index contributed by atoms with van der Waals surface area (Å²) < 4.78 is 0. The first-order valence-electron chi connectivity index (χ1n) is 3.76. The Morgan fingerprint density at radius 3 is 2.92 bits per heavy atom. The number of H-pyrrole nitrogens is 2. The van der Waals surface area contributed by atoms with Crippen molar-refractivity contribution in [3.05, 3.63) is 38.7 Å². The minimum atomic E-state index is -0.466. The molecule has 66 valence electrons. The summed E-state index contributed by atoms with van der Waals surface area (Å²) in [6.45, 7) is 1.70. The van der Waals surface area contributed by atoms with Crippen LogP contribution in [0.1, 0.15) is 5.56 Å². The fraction of sp³-hybridized carbons (Fsp3) is 0.125. The van der Waals surface area contributed by atoms with Gasteiger partial charge < -0.3 is 4.98 Å². The lowest BCUT2D eigenvalue weighted by atomic mass is 10.2. The van der Waals surface area contributed by atoms with Crippen LogP contribution in [-0.2, 0) is 0 Å². The molecule has 0 amide bonds. The van der Waals surface area contributed by atoms with Crippen LogP contribution < -0.4 is 11.1 Å². The fourth-order valence-corrected chi connectivity index (χ4v) is 1.14. The lowest BCUT2D eigenvalue weighted by Gasteiger charge is -1.96. The zero-order valence-electron chi connectivity index (χ0n) is 6.92. The Balaban J connectivity index is 3.03. The lowest BCUT2D eigenvalue weighted by Crippen LogP contribution is -2.15. The first-order chi connectivity index (χ1) is 6.18. The topological polar surface area (TPSA) is 78.6 Å². The number of hydrogen-bond donors (Lipinski definition) is 2. The molecule has 5 heteroatoms. The van der Waals surface area contributed by atoms with Gasteiger partial charge in [0.25, 0.3) is 0 Å². The highest BCUT2D eigenvalue weighted by Crippen LogP contribution is 1.98. The van der Waals surface area contributed by atoms with E-state index < -0.39 is 5.69 Å². The van der Waals surface area contributed by atoms with E-state index in [-0.39, 0.29) is 5.43 Å². The van der Waals surface area contributed by atoms with Crippen molar-refractivity contribution in [2.45, 2.75) is 6.92 Å². The molecule has 2 heterocycles. The largest absolute Gasteiger partial charge is 0.347 e. The van der Waals surface area contributed by atoms with Crippen molar-refractivity contribution in [2.75, 3.05) is 0 Å². The Hall–Kier alpha value is -1.91. The zero-order chi connectivity index (χ0) is 9.42. The van der Waals surface area contributed by atoms with E-state index in [0.717, 1.165) is 0 Å². The van der Waals surface area contributed by atoms with Gasteiger partial charge in [0.2, 0.25) is 0 Å². The number of fused-ring (bicyclic) bond motifs is 1.